The van der Waals surface area contributed by atoms with Crippen molar-refractivity contribution in [1.29, 1.82) is 5.26 Å². The van der Waals surface area contributed by atoms with Crippen molar-refractivity contribution in [2.75, 3.05) is 44.9 Å². The second kappa shape index (κ2) is 9.20. The SMILES string of the molecule is COc1ccc(CN(C[C@@H](O)C2OCC3(CNC3)CO2)c2ccc(C#N)cc2)cc1F. The van der Waals surface area contributed by atoms with Crippen molar-refractivity contribution in [2.24, 2.45) is 5.41 Å². The summed E-state index contributed by atoms with van der Waals surface area (Å²) in [5.74, 6) is -0.268. The van der Waals surface area contributed by atoms with Gasteiger partial charge in [-0.05, 0) is 42.0 Å². The maximum Gasteiger partial charge on any atom is 0.185 e. The molecule has 2 N–H and O–H groups in total. The smallest absolute Gasteiger partial charge is 0.185 e. The molecule has 2 aromatic carbocycles. The Labute approximate surface area is 180 Å². The highest BCUT2D eigenvalue weighted by Crippen LogP contribution is 2.30. The maximum atomic E-state index is 14.2. The van der Waals surface area contributed by atoms with Crippen LogP contribution >= 0.6 is 0 Å². The fourth-order valence-electron chi connectivity index (χ4n) is 3.86. The van der Waals surface area contributed by atoms with E-state index in [-0.39, 0.29) is 17.7 Å². The molecule has 164 valence electrons. The molecule has 2 heterocycles. The molecule has 31 heavy (non-hydrogen) atoms. The van der Waals surface area contributed by atoms with Crippen molar-refractivity contribution in [1.82, 2.24) is 5.32 Å². The van der Waals surface area contributed by atoms with Gasteiger partial charge in [0.15, 0.2) is 17.9 Å². The van der Waals surface area contributed by atoms with E-state index in [1.165, 1.54) is 13.2 Å². The summed E-state index contributed by atoms with van der Waals surface area (Å²) < 4.78 is 30.8. The number of rotatable bonds is 7. The average molecular weight is 427 g/mol. The van der Waals surface area contributed by atoms with Gasteiger partial charge in [0.25, 0.3) is 0 Å². The Morgan fingerprint density at radius 2 is 1.97 bits per heavy atom. The first-order valence-corrected chi connectivity index (χ1v) is 10.2. The molecule has 0 radical (unpaired) electrons. The predicted molar refractivity (Wildman–Crippen MR) is 112 cm³/mol. The highest BCUT2D eigenvalue weighted by molar-refractivity contribution is 5.50. The number of aliphatic hydroxyl groups is 1. The average Bonchev–Trinajstić information content (AvgIpc) is 2.78. The number of anilines is 1. The first-order chi connectivity index (χ1) is 15.0. The van der Waals surface area contributed by atoms with E-state index in [9.17, 15) is 9.50 Å². The van der Waals surface area contributed by atoms with E-state index in [1.54, 1.807) is 24.3 Å². The molecular formula is C23H26FN3O4. The number of benzene rings is 2. The van der Waals surface area contributed by atoms with Gasteiger partial charge in [0, 0.05) is 37.3 Å². The fourth-order valence-corrected chi connectivity index (χ4v) is 3.86. The largest absolute Gasteiger partial charge is 0.494 e. The van der Waals surface area contributed by atoms with Crippen LogP contribution in [-0.2, 0) is 16.0 Å². The lowest BCUT2D eigenvalue weighted by atomic mass is 9.83. The molecule has 2 aliphatic rings. The summed E-state index contributed by atoms with van der Waals surface area (Å²) in [5, 5.41) is 23.1. The molecule has 7 nitrogen and oxygen atoms in total. The van der Waals surface area contributed by atoms with Crippen molar-refractivity contribution in [2.45, 2.75) is 18.9 Å². The van der Waals surface area contributed by atoms with E-state index in [1.807, 2.05) is 17.0 Å². The molecule has 0 unspecified atom stereocenters. The van der Waals surface area contributed by atoms with Gasteiger partial charge in [-0.15, -0.1) is 0 Å². The maximum absolute atomic E-state index is 14.2. The Morgan fingerprint density at radius 3 is 2.52 bits per heavy atom. The van der Waals surface area contributed by atoms with Gasteiger partial charge in [-0.1, -0.05) is 6.07 Å². The van der Waals surface area contributed by atoms with Crippen molar-refractivity contribution in [3.8, 4) is 11.8 Å². The van der Waals surface area contributed by atoms with Crippen LogP contribution in [0.4, 0.5) is 10.1 Å². The summed E-state index contributed by atoms with van der Waals surface area (Å²) in [6.07, 6.45) is -1.62. The van der Waals surface area contributed by atoms with Crippen molar-refractivity contribution < 1.29 is 23.7 Å². The van der Waals surface area contributed by atoms with Crippen LogP contribution in [0.15, 0.2) is 42.5 Å². The van der Waals surface area contributed by atoms with Gasteiger partial charge in [-0.3, -0.25) is 0 Å². The van der Waals surface area contributed by atoms with Gasteiger partial charge >= 0.3 is 0 Å². The number of aliphatic hydroxyl groups excluding tert-OH is 1. The van der Waals surface area contributed by atoms with Crippen molar-refractivity contribution >= 4 is 5.69 Å². The van der Waals surface area contributed by atoms with Crippen LogP contribution in [0.3, 0.4) is 0 Å². The predicted octanol–water partition coefficient (Wildman–Crippen LogP) is 2.04. The summed E-state index contributed by atoms with van der Waals surface area (Å²) in [6, 6.07) is 13.9. The lowest BCUT2D eigenvalue weighted by Gasteiger charge is -2.47. The van der Waals surface area contributed by atoms with Gasteiger partial charge < -0.3 is 29.5 Å². The molecule has 2 aliphatic heterocycles. The molecule has 0 saturated carbocycles. The molecule has 4 rings (SSSR count). The van der Waals surface area contributed by atoms with Crippen LogP contribution in [-0.4, -0.2) is 57.5 Å². The lowest BCUT2D eigenvalue weighted by Crippen LogP contribution is -2.62. The number of halogens is 1. The Morgan fingerprint density at radius 1 is 1.26 bits per heavy atom. The summed E-state index contributed by atoms with van der Waals surface area (Å²) in [4.78, 5) is 1.91. The van der Waals surface area contributed by atoms with Gasteiger partial charge in [0.05, 0.1) is 32.0 Å². The van der Waals surface area contributed by atoms with E-state index in [0.717, 1.165) is 24.3 Å². The van der Waals surface area contributed by atoms with Gasteiger partial charge in [-0.25, -0.2) is 4.39 Å². The zero-order valence-electron chi connectivity index (χ0n) is 17.4. The Bertz CT molecular complexity index is 933. The number of hydrogen-bond donors (Lipinski definition) is 2. The number of ether oxygens (including phenoxy) is 3. The molecule has 1 spiro atoms. The van der Waals surface area contributed by atoms with Crippen LogP contribution in [0.25, 0.3) is 0 Å². The summed E-state index contributed by atoms with van der Waals surface area (Å²) in [6.45, 7) is 3.37. The minimum atomic E-state index is -0.899. The van der Waals surface area contributed by atoms with Gasteiger partial charge in [0.2, 0.25) is 0 Å². The Kier molecular flexibility index (Phi) is 6.39. The molecule has 0 bridgehead atoms. The topological polar surface area (TPSA) is 87.0 Å². The molecule has 8 heteroatoms. The van der Waals surface area contributed by atoms with E-state index < -0.39 is 18.2 Å². The third kappa shape index (κ3) is 4.81. The molecule has 2 saturated heterocycles. The fraction of sp³-hybridized carbons (Fsp3) is 0.435. The van der Waals surface area contributed by atoms with Crippen LogP contribution in [0.5, 0.6) is 5.75 Å². The second-order valence-electron chi connectivity index (χ2n) is 8.17. The minimum absolute atomic E-state index is 0.0175. The van der Waals surface area contributed by atoms with Crippen LogP contribution < -0.4 is 15.0 Å². The normalized spacial score (nSPS) is 18.8. The Hall–Kier alpha value is -2.70. The lowest BCUT2D eigenvalue weighted by molar-refractivity contribution is -0.268. The van der Waals surface area contributed by atoms with Crippen molar-refractivity contribution in [3.63, 3.8) is 0 Å². The highest BCUT2D eigenvalue weighted by atomic mass is 19.1. The third-order valence-electron chi connectivity index (χ3n) is 5.78. The van der Waals surface area contributed by atoms with E-state index in [0.29, 0.717) is 25.3 Å². The highest BCUT2D eigenvalue weighted by Gasteiger charge is 2.43. The van der Waals surface area contributed by atoms with Crippen LogP contribution in [0, 0.1) is 22.6 Å². The number of nitrogens with one attached hydrogen (secondary N) is 1. The quantitative estimate of drug-likeness (QED) is 0.699. The zero-order chi connectivity index (χ0) is 21.8. The molecule has 2 fully saturated rings. The van der Waals surface area contributed by atoms with Crippen LogP contribution in [0.2, 0.25) is 0 Å². The Balaban J connectivity index is 1.49. The second-order valence-corrected chi connectivity index (χ2v) is 8.17. The van der Waals surface area contributed by atoms with E-state index in [4.69, 9.17) is 19.5 Å². The van der Waals surface area contributed by atoms with Gasteiger partial charge in [0.1, 0.15) is 6.10 Å². The first kappa shape index (κ1) is 21.5. The molecule has 0 amide bonds. The summed E-state index contributed by atoms with van der Waals surface area (Å²) in [5.41, 5.74) is 2.08. The summed E-state index contributed by atoms with van der Waals surface area (Å²) in [7, 11) is 1.42. The molecule has 0 aliphatic carbocycles. The monoisotopic (exact) mass is 427 g/mol. The minimum Gasteiger partial charge on any atom is -0.494 e. The van der Waals surface area contributed by atoms with Gasteiger partial charge in [-0.2, -0.15) is 5.26 Å². The molecular weight excluding hydrogens is 401 g/mol. The standard InChI is InChI=1S/C23H26FN3O4/c1-29-21-7-4-17(8-19(21)24)10-27(18-5-2-16(9-25)3-6-18)11-20(28)22-30-14-23(15-31-22)12-26-13-23/h2-8,20,22,26,28H,10-15H2,1H3/t20-/m1/s1. The first-order valence-electron chi connectivity index (χ1n) is 10.2. The number of nitriles is 1. The molecule has 0 aromatic heterocycles. The number of nitrogens with zero attached hydrogens (tertiary/aromatic N) is 2. The van der Waals surface area contributed by atoms with Crippen LogP contribution in [0.1, 0.15) is 11.1 Å². The number of hydrogen-bond acceptors (Lipinski definition) is 7. The van der Waals surface area contributed by atoms with Crippen molar-refractivity contribution in [3.05, 3.63) is 59.4 Å². The van der Waals surface area contributed by atoms with E-state index in [2.05, 4.69) is 11.4 Å². The summed E-state index contributed by atoms with van der Waals surface area (Å²) >= 11 is 0. The zero-order valence-corrected chi connectivity index (χ0v) is 17.4. The third-order valence-corrected chi connectivity index (χ3v) is 5.78. The molecule has 2 aromatic rings. The van der Waals surface area contributed by atoms with E-state index >= 15 is 0 Å². The molecule has 1 atom stereocenters. The number of methoxy groups -OCH3 is 1.